The first-order valence-electron chi connectivity index (χ1n) is 10.6. The number of pyridine rings is 1. The molecular formula is C21H32N6O. The lowest BCUT2D eigenvalue weighted by atomic mass is 9.93. The summed E-state index contributed by atoms with van der Waals surface area (Å²) in [5, 5.41) is 4.57. The van der Waals surface area contributed by atoms with Crippen LogP contribution in [0.15, 0.2) is 29.3 Å². The highest BCUT2D eigenvalue weighted by molar-refractivity contribution is 5.08. The van der Waals surface area contributed by atoms with Crippen LogP contribution in [0.25, 0.3) is 0 Å². The smallest absolute Gasteiger partial charge is 0.300 e. The molecule has 0 amide bonds. The van der Waals surface area contributed by atoms with Gasteiger partial charge in [0, 0.05) is 51.0 Å². The van der Waals surface area contributed by atoms with Crippen molar-refractivity contribution in [1.82, 2.24) is 29.1 Å². The van der Waals surface area contributed by atoms with Crippen LogP contribution in [0.2, 0.25) is 0 Å². The van der Waals surface area contributed by atoms with Crippen LogP contribution in [0.4, 0.5) is 0 Å². The van der Waals surface area contributed by atoms with Gasteiger partial charge in [-0.15, -0.1) is 0 Å². The molecule has 0 saturated carbocycles. The number of rotatable bonds is 5. The van der Waals surface area contributed by atoms with Crippen LogP contribution in [-0.4, -0.2) is 61.4 Å². The summed E-state index contributed by atoms with van der Waals surface area (Å²) in [5.41, 5.74) is 1.31. The van der Waals surface area contributed by atoms with Crippen molar-refractivity contribution in [2.24, 2.45) is 7.05 Å². The topological polar surface area (TPSA) is 59.2 Å². The Hall–Kier alpha value is -1.99. The fourth-order valence-electron chi connectivity index (χ4n) is 4.86. The average Bonchev–Trinajstić information content (AvgIpc) is 3.03. The first kappa shape index (κ1) is 19.3. The lowest BCUT2D eigenvalue weighted by Crippen LogP contribution is -2.48. The van der Waals surface area contributed by atoms with Crippen LogP contribution < -0.4 is 5.69 Å². The van der Waals surface area contributed by atoms with Gasteiger partial charge in [0.1, 0.15) is 5.82 Å². The van der Waals surface area contributed by atoms with Gasteiger partial charge in [-0.25, -0.2) is 9.48 Å². The van der Waals surface area contributed by atoms with E-state index in [2.05, 4.69) is 25.9 Å². The standard InChI is InChI=1S/C21H32N6O/c1-3-27-20(23-24(2)21(27)28)18-7-5-11-26(16-18)19-8-12-25(13-9-19)15-17-6-4-10-22-14-17/h4,6,10,14,18-19H,3,5,7-9,11-13,15-16H2,1-2H3/t18-/m0/s1. The van der Waals surface area contributed by atoms with Crippen LogP contribution in [0, 0.1) is 0 Å². The zero-order valence-electron chi connectivity index (χ0n) is 17.1. The zero-order valence-corrected chi connectivity index (χ0v) is 17.1. The molecule has 152 valence electrons. The Balaban J connectivity index is 1.36. The predicted molar refractivity (Wildman–Crippen MR) is 109 cm³/mol. The summed E-state index contributed by atoms with van der Waals surface area (Å²) in [6, 6.07) is 4.83. The first-order chi connectivity index (χ1) is 13.7. The maximum absolute atomic E-state index is 12.3. The van der Waals surface area contributed by atoms with Crippen molar-refractivity contribution in [1.29, 1.82) is 0 Å². The fraction of sp³-hybridized carbons (Fsp3) is 0.667. The molecule has 0 bridgehead atoms. The highest BCUT2D eigenvalue weighted by atomic mass is 16.2. The first-order valence-corrected chi connectivity index (χ1v) is 10.6. The van der Waals surface area contributed by atoms with E-state index in [-0.39, 0.29) is 5.69 Å². The van der Waals surface area contributed by atoms with E-state index >= 15 is 0 Å². The molecule has 0 radical (unpaired) electrons. The van der Waals surface area contributed by atoms with Gasteiger partial charge in [-0.2, -0.15) is 5.10 Å². The predicted octanol–water partition coefficient (Wildman–Crippen LogP) is 1.84. The summed E-state index contributed by atoms with van der Waals surface area (Å²) in [4.78, 5) is 21.7. The molecule has 2 aromatic heterocycles. The summed E-state index contributed by atoms with van der Waals surface area (Å²) in [6.45, 7) is 8.22. The number of aromatic nitrogens is 4. The average molecular weight is 385 g/mol. The number of nitrogens with zero attached hydrogens (tertiary/aromatic N) is 6. The van der Waals surface area contributed by atoms with E-state index < -0.39 is 0 Å². The molecule has 4 heterocycles. The van der Waals surface area contributed by atoms with Crippen LogP contribution >= 0.6 is 0 Å². The largest absolute Gasteiger partial charge is 0.345 e. The van der Waals surface area contributed by atoms with E-state index in [0.717, 1.165) is 38.4 Å². The third-order valence-corrected chi connectivity index (χ3v) is 6.37. The van der Waals surface area contributed by atoms with Crippen molar-refractivity contribution >= 4 is 0 Å². The lowest BCUT2D eigenvalue weighted by Gasteiger charge is -2.42. The maximum atomic E-state index is 12.3. The minimum absolute atomic E-state index is 0.0123. The molecule has 4 rings (SSSR count). The zero-order chi connectivity index (χ0) is 19.5. The van der Waals surface area contributed by atoms with Gasteiger partial charge in [-0.1, -0.05) is 6.07 Å². The number of aryl methyl sites for hydroxylation is 1. The van der Waals surface area contributed by atoms with E-state index in [9.17, 15) is 4.79 Å². The molecule has 0 N–H and O–H groups in total. The molecule has 7 heteroatoms. The Morgan fingerprint density at radius 2 is 2.00 bits per heavy atom. The van der Waals surface area contributed by atoms with Crippen LogP contribution in [-0.2, 0) is 20.1 Å². The molecule has 0 aromatic carbocycles. The van der Waals surface area contributed by atoms with Gasteiger partial charge in [-0.05, 0) is 63.9 Å². The Morgan fingerprint density at radius 3 is 2.71 bits per heavy atom. The molecule has 7 nitrogen and oxygen atoms in total. The third-order valence-electron chi connectivity index (χ3n) is 6.37. The van der Waals surface area contributed by atoms with Gasteiger partial charge < -0.3 is 0 Å². The van der Waals surface area contributed by atoms with Gasteiger partial charge in [0.25, 0.3) is 0 Å². The number of hydrogen-bond donors (Lipinski definition) is 0. The second-order valence-electron chi connectivity index (χ2n) is 8.21. The summed E-state index contributed by atoms with van der Waals surface area (Å²) in [5.74, 6) is 1.35. The van der Waals surface area contributed by atoms with Crippen molar-refractivity contribution in [2.45, 2.75) is 57.7 Å². The quantitative estimate of drug-likeness (QED) is 0.787. The van der Waals surface area contributed by atoms with Crippen molar-refractivity contribution in [3.63, 3.8) is 0 Å². The summed E-state index contributed by atoms with van der Waals surface area (Å²) < 4.78 is 3.35. The van der Waals surface area contributed by atoms with Gasteiger partial charge >= 0.3 is 5.69 Å². The number of piperidine rings is 2. The monoisotopic (exact) mass is 384 g/mol. The minimum atomic E-state index is 0.0123. The molecule has 2 aromatic rings. The van der Waals surface area contributed by atoms with E-state index in [4.69, 9.17) is 0 Å². The maximum Gasteiger partial charge on any atom is 0.345 e. The Morgan fingerprint density at radius 1 is 1.18 bits per heavy atom. The number of hydrogen-bond acceptors (Lipinski definition) is 5. The molecule has 2 saturated heterocycles. The summed E-state index contributed by atoms with van der Waals surface area (Å²) >= 11 is 0. The molecule has 0 aliphatic carbocycles. The van der Waals surface area contributed by atoms with Gasteiger partial charge in [0.05, 0.1) is 0 Å². The lowest BCUT2D eigenvalue weighted by molar-refractivity contribution is 0.0805. The van der Waals surface area contributed by atoms with Crippen molar-refractivity contribution < 1.29 is 0 Å². The van der Waals surface area contributed by atoms with Gasteiger partial charge in [0.2, 0.25) is 0 Å². The van der Waals surface area contributed by atoms with Crippen LogP contribution in [0.1, 0.15) is 49.9 Å². The van der Waals surface area contributed by atoms with E-state index in [1.54, 1.807) is 7.05 Å². The third kappa shape index (κ3) is 4.05. The van der Waals surface area contributed by atoms with Crippen molar-refractivity contribution in [3.8, 4) is 0 Å². The molecule has 1 atom stereocenters. The molecule has 2 aliphatic rings. The van der Waals surface area contributed by atoms with Crippen LogP contribution in [0.5, 0.6) is 0 Å². The minimum Gasteiger partial charge on any atom is -0.300 e. The molecule has 2 aliphatic heterocycles. The molecule has 0 spiro atoms. The molecule has 2 fully saturated rings. The van der Waals surface area contributed by atoms with Crippen LogP contribution in [0.3, 0.4) is 0 Å². The summed E-state index contributed by atoms with van der Waals surface area (Å²) in [6.07, 6.45) is 8.57. The van der Waals surface area contributed by atoms with Crippen molar-refractivity contribution in [3.05, 3.63) is 46.4 Å². The normalized spacial score (nSPS) is 22.6. The van der Waals surface area contributed by atoms with Crippen molar-refractivity contribution in [2.75, 3.05) is 26.2 Å². The highest BCUT2D eigenvalue weighted by Gasteiger charge is 2.31. The molecular weight excluding hydrogens is 352 g/mol. The summed E-state index contributed by atoms with van der Waals surface area (Å²) in [7, 11) is 1.76. The van der Waals surface area contributed by atoms with E-state index in [1.807, 2.05) is 30.0 Å². The van der Waals surface area contributed by atoms with Gasteiger partial charge in [0.15, 0.2) is 0 Å². The molecule has 0 unspecified atom stereocenters. The Bertz CT molecular complexity index is 821. The number of likely N-dealkylation sites (tertiary alicyclic amines) is 2. The van der Waals surface area contributed by atoms with E-state index in [1.165, 1.54) is 36.1 Å². The highest BCUT2D eigenvalue weighted by Crippen LogP contribution is 2.29. The SMILES string of the molecule is CCn1c([C@H]2CCCN(C3CCN(Cc4cccnc4)CC3)C2)nn(C)c1=O. The molecule has 28 heavy (non-hydrogen) atoms. The fourth-order valence-corrected chi connectivity index (χ4v) is 4.86. The Kier molecular flexibility index (Phi) is 5.92. The van der Waals surface area contributed by atoms with Gasteiger partial charge in [-0.3, -0.25) is 19.4 Å². The second kappa shape index (κ2) is 8.57. The Labute approximate surface area is 167 Å². The second-order valence-corrected chi connectivity index (χ2v) is 8.21. The van der Waals surface area contributed by atoms with E-state index in [0.29, 0.717) is 18.5 Å².